The predicted octanol–water partition coefficient (Wildman–Crippen LogP) is 5.51. The van der Waals surface area contributed by atoms with Gasteiger partial charge in [-0.2, -0.15) is 0 Å². The Kier molecular flexibility index (Phi) is 6.49. The Morgan fingerprint density at radius 1 is 1.21 bits per heavy atom. The lowest BCUT2D eigenvalue weighted by molar-refractivity contribution is -0.122. The molecule has 3 rings (SSSR count). The van der Waals surface area contributed by atoms with Gasteiger partial charge in [-0.15, -0.1) is 0 Å². The zero-order valence-electron chi connectivity index (χ0n) is 16.0. The fourth-order valence-corrected chi connectivity index (χ4v) is 3.64. The molecule has 1 fully saturated rings. The second-order valence-electron chi connectivity index (χ2n) is 6.88. The summed E-state index contributed by atoms with van der Waals surface area (Å²) < 4.78 is 18.2. The van der Waals surface area contributed by atoms with Crippen molar-refractivity contribution in [3.05, 3.63) is 107 Å². The number of rotatable bonds is 5. The number of hydrogen-bond acceptors (Lipinski definition) is 4. The Morgan fingerprint density at radius 2 is 1.90 bits per heavy atom. The highest BCUT2D eigenvalue weighted by Crippen LogP contribution is 2.37. The molecule has 2 aliphatic carbocycles. The third-order valence-corrected chi connectivity index (χ3v) is 5.26. The van der Waals surface area contributed by atoms with Gasteiger partial charge in [-0.3, -0.25) is 9.59 Å². The van der Waals surface area contributed by atoms with Crippen LogP contribution in [0.25, 0.3) is 0 Å². The van der Waals surface area contributed by atoms with Crippen LogP contribution in [0.4, 0.5) is 4.39 Å². The van der Waals surface area contributed by atoms with Crippen molar-refractivity contribution in [3.8, 4) is 0 Å². The summed E-state index contributed by atoms with van der Waals surface area (Å²) in [5.74, 6) is -1.27. The summed E-state index contributed by atoms with van der Waals surface area (Å²) >= 11 is 3.84. The minimum Gasteiger partial charge on any atom is -0.429 e. The molecule has 0 N–H and O–H groups in total. The summed E-state index contributed by atoms with van der Waals surface area (Å²) in [6, 6.07) is 5.48. The molecule has 1 atom stereocenters. The van der Waals surface area contributed by atoms with Gasteiger partial charge in [0.2, 0.25) is 0 Å². The van der Waals surface area contributed by atoms with Gasteiger partial charge < -0.3 is 4.18 Å². The van der Waals surface area contributed by atoms with Gasteiger partial charge in [0.15, 0.2) is 11.6 Å². The highest BCUT2D eigenvalue weighted by atomic mass is 32.1. The molecule has 1 unspecified atom stereocenters. The van der Waals surface area contributed by atoms with E-state index in [9.17, 15) is 14.0 Å². The molecule has 0 heterocycles. The number of allylic oxidation sites excluding steroid dienone is 10. The molecule has 0 spiro atoms. The van der Waals surface area contributed by atoms with E-state index in [1.165, 1.54) is 30.3 Å². The van der Waals surface area contributed by atoms with Crippen LogP contribution in [0, 0.1) is 5.82 Å². The molecular weight excluding hydrogens is 387 g/mol. The topological polar surface area (TPSA) is 43.4 Å². The first-order valence-electron chi connectivity index (χ1n) is 9.21. The van der Waals surface area contributed by atoms with Crippen molar-refractivity contribution in [2.75, 3.05) is 0 Å². The number of hydrogen-bond donors (Lipinski definition) is 1. The fraction of sp³-hybridized carbons (Fsp3) is 0.167. The molecule has 0 radical (unpaired) electrons. The van der Waals surface area contributed by atoms with Crippen molar-refractivity contribution in [2.45, 2.75) is 25.7 Å². The summed E-state index contributed by atoms with van der Waals surface area (Å²) in [4.78, 5) is 26.0. The molecule has 2 aliphatic rings. The SMILES string of the molecule is C=C/C=C1/C(=O)C(c2ccc(F)cc2)C(=O)/C1=C/CC1=C(C)C=C(OS)C=CC1. The van der Waals surface area contributed by atoms with Crippen molar-refractivity contribution in [2.24, 2.45) is 0 Å². The van der Waals surface area contributed by atoms with Crippen molar-refractivity contribution in [3.63, 3.8) is 0 Å². The predicted molar refractivity (Wildman–Crippen MR) is 115 cm³/mol. The molecule has 0 bridgehead atoms. The van der Waals surface area contributed by atoms with Gasteiger partial charge in [0.05, 0.1) is 0 Å². The molecule has 0 amide bonds. The number of carbonyl (C=O) groups is 2. The van der Waals surface area contributed by atoms with Gasteiger partial charge in [-0.05, 0) is 55.2 Å². The second kappa shape index (κ2) is 9.05. The van der Waals surface area contributed by atoms with Crippen molar-refractivity contribution < 1.29 is 18.2 Å². The zero-order valence-corrected chi connectivity index (χ0v) is 16.9. The van der Waals surface area contributed by atoms with Crippen LogP contribution in [0.5, 0.6) is 0 Å². The van der Waals surface area contributed by atoms with E-state index in [0.29, 0.717) is 35.3 Å². The second-order valence-corrected chi connectivity index (χ2v) is 7.06. The first-order valence-corrected chi connectivity index (χ1v) is 9.58. The highest BCUT2D eigenvalue weighted by Gasteiger charge is 2.41. The number of thiol groups is 1. The van der Waals surface area contributed by atoms with Crippen LogP contribution >= 0.6 is 12.9 Å². The summed E-state index contributed by atoms with van der Waals surface area (Å²) in [5.41, 5.74) is 3.35. The third kappa shape index (κ3) is 4.40. The number of ketones is 2. The maximum atomic E-state index is 13.3. The van der Waals surface area contributed by atoms with Crippen LogP contribution in [0.3, 0.4) is 0 Å². The van der Waals surface area contributed by atoms with Gasteiger partial charge in [-0.25, -0.2) is 4.39 Å². The van der Waals surface area contributed by atoms with E-state index in [0.717, 1.165) is 11.1 Å². The Morgan fingerprint density at radius 3 is 2.55 bits per heavy atom. The molecule has 3 nitrogen and oxygen atoms in total. The molecule has 148 valence electrons. The summed E-state index contributed by atoms with van der Waals surface area (Å²) in [6.45, 7) is 5.62. The van der Waals surface area contributed by atoms with E-state index >= 15 is 0 Å². The lowest BCUT2D eigenvalue weighted by atomic mass is 9.95. The Labute approximate surface area is 175 Å². The maximum absolute atomic E-state index is 13.3. The third-order valence-electron chi connectivity index (χ3n) is 5.05. The van der Waals surface area contributed by atoms with Crippen LogP contribution in [-0.4, -0.2) is 11.6 Å². The number of benzene rings is 1. The lowest BCUT2D eigenvalue weighted by Gasteiger charge is -2.06. The largest absolute Gasteiger partial charge is 0.429 e. The van der Waals surface area contributed by atoms with Crippen LogP contribution in [-0.2, 0) is 13.8 Å². The minimum atomic E-state index is -0.943. The van der Waals surface area contributed by atoms with Crippen LogP contribution < -0.4 is 0 Å². The number of Topliss-reactive ketones (excluding diaryl/α,β-unsaturated/α-hetero) is 2. The fourth-order valence-electron chi connectivity index (χ4n) is 3.52. The first kappa shape index (κ1) is 20.8. The van der Waals surface area contributed by atoms with Gasteiger partial charge >= 0.3 is 0 Å². The van der Waals surface area contributed by atoms with Crippen LogP contribution in [0.15, 0.2) is 95.4 Å². The molecule has 1 aromatic carbocycles. The minimum absolute atomic E-state index is 0.271. The summed E-state index contributed by atoms with van der Waals surface area (Å²) in [6.07, 6.45) is 11.8. The molecule has 5 heteroatoms. The molecular formula is C24H21FO3S. The van der Waals surface area contributed by atoms with Crippen molar-refractivity contribution >= 4 is 24.5 Å². The molecule has 29 heavy (non-hydrogen) atoms. The maximum Gasteiger partial charge on any atom is 0.178 e. The van der Waals surface area contributed by atoms with Gasteiger partial charge in [-0.1, -0.05) is 48.6 Å². The highest BCUT2D eigenvalue weighted by molar-refractivity contribution is 7.75. The van der Waals surface area contributed by atoms with Crippen molar-refractivity contribution in [1.29, 1.82) is 0 Å². The van der Waals surface area contributed by atoms with E-state index in [4.69, 9.17) is 4.18 Å². The Hall–Kier alpha value is -2.92. The van der Waals surface area contributed by atoms with E-state index < -0.39 is 11.7 Å². The van der Waals surface area contributed by atoms with E-state index in [1.54, 1.807) is 12.2 Å². The van der Waals surface area contributed by atoms with E-state index in [1.807, 2.05) is 25.2 Å². The number of halogens is 1. The van der Waals surface area contributed by atoms with Crippen LogP contribution in [0.1, 0.15) is 31.2 Å². The summed E-state index contributed by atoms with van der Waals surface area (Å²) in [5, 5.41) is 0. The average Bonchev–Trinajstić information content (AvgIpc) is 2.83. The normalized spacial score (nSPS) is 22.3. The van der Waals surface area contributed by atoms with Crippen LogP contribution in [0.2, 0.25) is 0 Å². The Balaban J connectivity index is 1.96. The van der Waals surface area contributed by atoms with Gasteiger partial charge in [0.25, 0.3) is 0 Å². The Bertz CT molecular complexity index is 1010. The molecule has 0 saturated heterocycles. The first-order chi connectivity index (χ1) is 14.0. The van der Waals surface area contributed by atoms with Crippen molar-refractivity contribution in [1.82, 2.24) is 0 Å². The summed E-state index contributed by atoms with van der Waals surface area (Å²) in [7, 11) is 0. The lowest BCUT2D eigenvalue weighted by Crippen LogP contribution is -2.12. The molecule has 0 aromatic heterocycles. The zero-order chi connectivity index (χ0) is 21.0. The average molecular weight is 408 g/mol. The molecule has 1 aromatic rings. The van der Waals surface area contributed by atoms with E-state index in [-0.39, 0.29) is 11.6 Å². The van der Waals surface area contributed by atoms with Gasteiger partial charge in [0.1, 0.15) is 17.5 Å². The molecule has 1 saturated carbocycles. The standard InChI is InChI=1S/C24H21FO3S/c1-3-5-20-21(13-10-16-6-4-7-19(28-29)14-15(16)2)24(27)22(23(20)26)17-8-11-18(25)12-9-17/h3-5,7-9,11-14,22,29H,1,6,10H2,2H3/b20-5+,21-13+. The molecule has 0 aliphatic heterocycles. The monoisotopic (exact) mass is 408 g/mol. The van der Waals surface area contributed by atoms with E-state index in [2.05, 4.69) is 19.5 Å². The van der Waals surface area contributed by atoms with Gasteiger partial charge in [0, 0.05) is 24.1 Å². The quantitative estimate of drug-likeness (QED) is 0.302. The number of carbonyl (C=O) groups excluding carboxylic acids is 2. The smallest absolute Gasteiger partial charge is 0.178 e.